The van der Waals surface area contributed by atoms with E-state index in [0.29, 0.717) is 10.8 Å². The van der Waals surface area contributed by atoms with Gasteiger partial charge in [0.2, 0.25) is 10.0 Å². The fraction of sp³-hybridized carbons (Fsp3) is 0.647. The van der Waals surface area contributed by atoms with Crippen LogP contribution in [0.1, 0.15) is 76.0 Å². The van der Waals surface area contributed by atoms with Gasteiger partial charge in [0.15, 0.2) is 0 Å². The lowest BCUT2D eigenvalue weighted by atomic mass is 9.89. The van der Waals surface area contributed by atoms with Crippen LogP contribution in [0.5, 0.6) is 0 Å². The first-order chi connectivity index (χ1) is 10.1. The molecule has 126 valence electrons. The van der Waals surface area contributed by atoms with Crippen molar-refractivity contribution in [3.8, 4) is 0 Å². The molecule has 0 bridgehead atoms. The fourth-order valence-electron chi connectivity index (χ4n) is 2.47. The molecule has 0 atom stereocenters. The number of hydrogen-bond donors (Lipinski definition) is 2. The van der Waals surface area contributed by atoms with Crippen LogP contribution in [0.25, 0.3) is 0 Å². The zero-order valence-electron chi connectivity index (χ0n) is 14.6. The largest absolute Gasteiger partial charge is 0.329 e. The summed E-state index contributed by atoms with van der Waals surface area (Å²) in [6.45, 7) is 12.9. The van der Waals surface area contributed by atoms with E-state index < -0.39 is 10.0 Å². The van der Waals surface area contributed by atoms with Gasteiger partial charge in [0.25, 0.3) is 0 Å². The molecule has 0 aliphatic heterocycles. The Morgan fingerprint density at radius 2 is 1.41 bits per heavy atom. The van der Waals surface area contributed by atoms with E-state index in [0.717, 1.165) is 11.1 Å². The Kier molecular flexibility index (Phi) is 6.59. The van der Waals surface area contributed by atoms with E-state index in [1.807, 2.05) is 39.8 Å². The van der Waals surface area contributed by atoms with Crippen LogP contribution in [0.3, 0.4) is 0 Å². The topological polar surface area (TPSA) is 72.2 Å². The smallest absolute Gasteiger partial charge is 0.241 e. The molecule has 0 radical (unpaired) electrons. The third-order valence-corrected chi connectivity index (χ3v) is 5.38. The molecule has 22 heavy (non-hydrogen) atoms. The summed E-state index contributed by atoms with van der Waals surface area (Å²) in [6.07, 6.45) is 0. The molecule has 0 aliphatic carbocycles. The van der Waals surface area contributed by atoms with E-state index in [1.165, 1.54) is 5.56 Å². The van der Waals surface area contributed by atoms with Crippen LogP contribution in [0, 0.1) is 0 Å². The first-order valence-corrected chi connectivity index (χ1v) is 9.47. The zero-order chi connectivity index (χ0) is 17.1. The molecule has 0 aromatic heterocycles. The average Bonchev–Trinajstić information content (AvgIpc) is 2.43. The Hall–Kier alpha value is -0.910. The minimum atomic E-state index is -3.55. The second kappa shape index (κ2) is 7.57. The molecule has 5 heteroatoms. The number of rotatable bonds is 7. The Labute approximate surface area is 135 Å². The Bertz CT molecular complexity index is 576. The third kappa shape index (κ3) is 4.31. The van der Waals surface area contributed by atoms with Crippen molar-refractivity contribution in [2.24, 2.45) is 5.73 Å². The first kappa shape index (κ1) is 19.1. The van der Waals surface area contributed by atoms with Gasteiger partial charge in [-0.15, -0.1) is 0 Å². The summed E-state index contributed by atoms with van der Waals surface area (Å²) in [7, 11) is -3.55. The SMILES string of the molecule is CC(C)c1cc(C(C)C)c(S(=O)(=O)NCCN)c(C(C)C)c1. The average molecular weight is 327 g/mol. The minimum Gasteiger partial charge on any atom is -0.329 e. The van der Waals surface area contributed by atoms with Gasteiger partial charge in [-0.25, -0.2) is 13.1 Å². The molecule has 1 rings (SSSR count). The van der Waals surface area contributed by atoms with Gasteiger partial charge in [-0.1, -0.05) is 53.7 Å². The van der Waals surface area contributed by atoms with Gasteiger partial charge in [0, 0.05) is 13.1 Å². The van der Waals surface area contributed by atoms with E-state index in [9.17, 15) is 8.42 Å². The zero-order valence-corrected chi connectivity index (χ0v) is 15.4. The standard InChI is InChI=1S/C17H30N2O2S/c1-11(2)14-9-15(12(3)4)17(16(10-14)13(5)6)22(20,21)19-8-7-18/h9-13,19H,7-8,18H2,1-6H3. The first-order valence-electron chi connectivity index (χ1n) is 7.99. The quantitative estimate of drug-likeness (QED) is 0.807. The number of nitrogens with one attached hydrogen (secondary N) is 1. The Morgan fingerprint density at radius 1 is 0.955 bits per heavy atom. The van der Waals surface area contributed by atoms with Crippen LogP contribution in [-0.2, 0) is 10.0 Å². The van der Waals surface area contributed by atoms with Gasteiger partial charge in [-0.3, -0.25) is 0 Å². The number of sulfonamides is 1. The van der Waals surface area contributed by atoms with Crippen molar-refractivity contribution in [3.63, 3.8) is 0 Å². The number of hydrogen-bond acceptors (Lipinski definition) is 3. The summed E-state index contributed by atoms with van der Waals surface area (Å²) in [5.74, 6) is 0.644. The van der Waals surface area contributed by atoms with Crippen molar-refractivity contribution < 1.29 is 8.42 Å². The van der Waals surface area contributed by atoms with E-state index in [-0.39, 0.29) is 24.9 Å². The van der Waals surface area contributed by atoms with E-state index >= 15 is 0 Å². The normalized spacial score (nSPS) is 12.6. The molecule has 4 nitrogen and oxygen atoms in total. The fourth-order valence-corrected chi connectivity index (χ4v) is 4.21. The Balaban J connectivity index is 3.65. The summed E-state index contributed by atoms with van der Waals surface area (Å²) >= 11 is 0. The molecule has 0 spiro atoms. The van der Waals surface area contributed by atoms with Crippen molar-refractivity contribution in [1.82, 2.24) is 4.72 Å². The van der Waals surface area contributed by atoms with Crippen molar-refractivity contribution in [1.29, 1.82) is 0 Å². The van der Waals surface area contributed by atoms with Crippen LogP contribution in [0.15, 0.2) is 17.0 Å². The van der Waals surface area contributed by atoms with Crippen molar-refractivity contribution in [3.05, 3.63) is 28.8 Å². The van der Waals surface area contributed by atoms with Gasteiger partial charge in [0.1, 0.15) is 0 Å². The highest BCUT2D eigenvalue weighted by molar-refractivity contribution is 7.89. The minimum absolute atomic E-state index is 0.139. The van der Waals surface area contributed by atoms with Gasteiger partial charge in [0.05, 0.1) is 4.90 Å². The van der Waals surface area contributed by atoms with Crippen LogP contribution in [0.2, 0.25) is 0 Å². The summed E-state index contributed by atoms with van der Waals surface area (Å²) in [5.41, 5.74) is 8.41. The molecule has 0 unspecified atom stereocenters. The molecular weight excluding hydrogens is 296 g/mol. The van der Waals surface area contributed by atoms with Crippen molar-refractivity contribution in [2.45, 2.75) is 64.2 Å². The molecule has 0 saturated carbocycles. The van der Waals surface area contributed by atoms with Crippen LogP contribution in [-0.4, -0.2) is 21.5 Å². The van der Waals surface area contributed by atoms with Gasteiger partial charge < -0.3 is 5.73 Å². The Morgan fingerprint density at radius 3 is 1.73 bits per heavy atom. The second-order valence-corrected chi connectivity index (χ2v) is 8.38. The highest BCUT2D eigenvalue weighted by atomic mass is 32.2. The number of benzene rings is 1. The molecule has 0 fully saturated rings. The summed E-state index contributed by atoms with van der Waals surface area (Å²) in [4.78, 5) is 0.440. The number of nitrogens with two attached hydrogens (primary N) is 1. The molecular formula is C17H30N2O2S. The van der Waals surface area contributed by atoms with E-state index in [1.54, 1.807) is 0 Å². The maximum absolute atomic E-state index is 12.8. The van der Waals surface area contributed by atoms with Gasteiger partial charge in [-0.05, 0) is 34.4 Å². The highest BCUT2D eigenvalue weighted by Crippen LogP contribution is 2.34. The molecule has 0 saturated heterocycles. The van der Waals surface area contributed by atoms with Crippen LogP contribution in [0.4, 0.5) is 0 Å². The maximum atomic E-state index is 12.8. The lowest BCUT2D eigenvalue weighted by Crippen LogP contribution is -2.31. The predicted octanol–water partition coefficient (Wildman–Crippen LogP) is 3.29. The molecule has 0 aliphatic rings. The lowest BCUT2D eigenvalue weighted by molar-refractivity contribution is 0.576. The van der Waals surface area contributed by atoms with E-state index in [4.69, 9.17) is 5.73 Å². The van der Waals surface area contributed by atoms with Crippen molar-refractivity contribution in [2.75, 3.05) is 13.1 Å². The molecule has 3 N–H and O–H groups in total. The summed E-state index contributed by atoms with van der Waals surface area (Å²) < 4.78 is 28.1. The van der Waals surface area contributed by atoms with Crippen LogP contribution >= 0.6 is 0 Å². The van der Waals surface area contributed by atoms with Crippen LogP contribution < -0.4 is 10.5 Å². The molecule has 0 amide bonds. The van der Waals surface area contributed by atoms with Gasteiger partial charge in [-0.2, -0.15) is 0 Å². The summed E-state index contributed by atoms with van der Waals surface area (Å²) in [5, 5.41) is 0. The monoisotopic (exact) mass is 326 g/mol. The highest BCUT2D eigenvalue weighted by Gasteiger charge is 2.26. The maximum Gasteiger partial charge on any atom is 0.241 e. The van der Waals surface area contributed by atoms with Crippen molar-refractivity contribution >= 4 is 10.0 Å². The van der Waals surface area contributed by atoms with Gasteiger partial charge >= 0.3 is 0 Å². The third-order valence-electron chi connectivity index (χ3n) is 3.78. The predicted molar refractivity (Wildman–Crippen MR) is 93.0 cm³/mol. The second-order valence-electron chi connectivity index (χ2n) is 6.68. The lowest BCUT2D eigenvalue weighted by Gasteiger charge is -2.22. The molecule has 0 heterocycles. The summed E-state index contributed by atoms with van der Waals surface area (Å²) in [6, 6.07) is 4.08. The van der Waals surface area contributed by atoms with E-state index in [2.05, 4.69) is 18.6 Å². The molecule has 1 aromatic rings. The molecule has 1 aromatic carbocycles.